The molecule has 0 amide bonds. The molecule has 3 rings (SSSR count). The standard InChI is InChI=1S/C19H21N5O2S2/c1-11-5-7-14(8-6-11)9-24-10-20-18(23-24)22-19(27)21-16-15(17(25)26-4)12(2)13(3)28-16/h5-8,10H,9H2,1-4H3,(H2,21,22,23,27). The zero-order chi connectivity index (χ0) is 20.3. The maximum absolute atomic E-state index is 12.1. The Morgan fingerprint density at radius 3 is 2.61 bits per heavy atom. The number of thiocarbonyl (C=S) groups is 1. The molecule has 0 radical (unpaired) electrons. The molecule has 0 aliphatic heterocycles. The van der Waals surface area contributed by atoms with Gasteiger partial charge in [0.1, 0.15) is 11.3 Å². The van der Waals surface area contributed by atoms with Crippen LogP contribution in [0.5, 0.6) is 0 Å². The van der Waals surface area contributed by atoms with Gasteiger partial charge in [0.05, 0.1) is 19.2 Å². The fourth-order valence-corrected chi connectivity index (χ4v) is 3.92. The number of nitrogens with one attached hydrogen (secondary N) is 2. The zero-order valence-corrected chi connectivity index (χ0v) is 17.7. The van der Waals surface area contributed by atoms with Gasteiger partial charge in [-0.2, -0.15) is 0 Å². The second-order valence-corrected chi connectivity index (χ2v) is 7.94. The molecule has 0 bridgehead atoms. The number of carbonyl (C=O) groups is 1. The van der Waals surface area contributed by atoms with Crippen molar-refractivity contribution < 1.29 is 9.53 Å². The molecule has 0 fully saturated rings. The van der Waals surface area contributed by atoms with Gasteiger partial charge in [-0.05, 0) is 44.1 Å². The molecule has 2 aromatic heterocycles. The third-order valence-electron chi connectivity index (χ3n) is 4.23. The summed E-state index contributed by atoms with van der Waals surface area (Å²) < 4.78 is 6.61. The van der Waals surface area contributed by atoms with Crippen molar-refractivity contribution in [3.63, 3.8) is 0 Å². The molecule has 2 heterocycles. The van der Waals surface area contributed by atoms with Gasteiger partial charge in [-0.3, -0.25) is 5.32 Å². The lowest BCUT2D eigenvalue weighted by molar-refractivity contribution is 0.0601. The summed E-state index contributed by atoms with van der Waals surface area (Å²) in [6.45, 7) is 6.50. The number of ether oxygens (including phenoxy) is 1. The van der Waals surface area contributed by atoms with E-state index in [1.165, 1.54) is 24.0 Å². The van der Waals surface area contributed by atoms with Crippen LogP contribution in [0, 0.1) is 20.8 Å². The fourth-order valence-electron chi connectivity index (χ4n) is 2.61. The van der Waals surface area contributed by atoms with E-state index in [9.17, 15) is 4.79 Å². The number of benzene rings is 1. The predicted molar refractivity (Wildman–Crippen MR) is 115 cm³/mol. The van der Waals surface area contributed by atoms with Crippen molar-refractivity contribution >= 4 is 45.6 Å². The van der Waals surface area contributed by atoms with Gasteiger partial charge in [0.25, 0.3) is 0 Å². The first kappa shape index (κ1) is 20.0. The van der Waals surface area contributed by atoms with Crippen LogP contribution in [-0.2, 0) is 11.3 Å². The summed E-state index contributed by atoms with van der Waals surface area (Å²) in [5, 5.41) is 11.3. The molecule has 28 heavy (non-hydrogen) atoms. The van der Waals surface area contributed by atoms with Gasteiger partial charge >= 0.3 is 5.97 Å². The van der Waals surface area contributed by atoms with E-state index in [0.29, 0.717) is 28.2 Å². The number of nitrogens with zero attached hydrogens (tertiary/aromatic N) is 3. The lowest BCUT2D eigenvalue weighted by atomic mass is 10.1. The molecule has 0 aliphatic rings. The number of aromatic nitrogens is 3. The number of hydrogen-bond donors (Lipinski definition) is 2. The summed E-state index contributed by atoms with van der Waals surface area (Å²) in [7, 11) is 1.36. The zero-order valence-electron chi connectivity index (χ0n) is 16.1. The Morgan fingerprint density at radius 2 is 1.93 bits per heavy atom. The van der Waals surface area contributed by atoms with Crippen molar-refractivity contribution in [3.05, 3.63) is 57.7 Å². The van der Waals surface area contributed by atoms with Crippen LogP contribution in [0.15, 0.2) is 30.6 Å². The Labute approximate surface area is 172 Å². The molecule has 3 aromatic rings. The maximum atomic E-state index is 12.1. The van der Waals surface area contributed by atoms with E-state index >= 15 is 0 Å². The number of methoxy groups -OCH3 is 1. The Bertz CT molecular complexity index is 1010. The predicted octanol–water partition coefficient (Wildman–Crippen LogP) is 3.91. The summed E-state index contributed by atoms with van der Waals surface area (Å²) >= 11 is 6.80. The first-order valence-corrected chi connectivity index (χ1v) is 9.81. The van der Waals surface area contributed by atoms with E-state index in [2.05, 4.69) is 51.9 Å². The van der Waals surface area contributed by atoms with Gasteiger partial charge in [0.2, 0.25) is 5.95 Å². The van der Waals surface area contributed by atoms with E-state index in [1.807, 2.05) is 13.8 Å². The van der Waals surface area contributed by atoms with Crippen LogP contribution in [-0.4, -0.2) is 33.0 Å². The summed E-state index contributed by atoms with van der Waals surface area (Å²) in [6.07, 6.45) is 1.64. The number of rotatable bonds is 5. The highest BCUT2D eigenvalue weighted by Crippen LogP contribution is 2.33. The molecule has 9 heteroatoms. The van der Waals surface area contributed by atoms with Crippen molar-refractivity contribution in [1.82, 2.24) is 14.8 Å². The lowest BCUT2D eigenvalue weighted by Crippen LogP contribution is -2.21. The lowest BCUT2D eigenvalue weighted by Gasteiger charge is -2.08. The van der Waals surface area contributed by atoms with E-state index < -0.39 is 5.97 Å². The minimum absolute atomic E-state index is 0.305. The van der Waals surface area contributed by atoms with Crippen LogP contribution in [0.4, 0.5) is 10.9 Å². The minimum atomic E-state index is -0.396. The summed E-state index contributed by atoms with van der Waals surface area (Å²) in [6, 6.07) is 8.25. The van der Waals surface area contributed by atoms with Crippen LogP contribution in [0.25, 0.3) is 0 Å². The molecule has 146 valence electrons. The molecular formula is C19H21N5O2S2. The topological polar surface area (TPSA) is 81.1 Å². The number of anilines is 2. The minimum Gasteiger partial charge on any atom is -0.465 e. The largest absolute Gasteiger partial charge is 0.465 e. The summed E-state index contributed by atoms with van der Waals surface area (Å²) in [4.78, 5) is 17.3. The van der Waals surface area contributed by atoms with E-state index in [0.717, 1.165) is 16.0 Å². The number of esters is 1. The van der Waals surface area contributed by atoms with Crippen molar-refractivity contribution in [2.45, 2.75) is 27.3 Å². The highest BCUT2D eigenvalue weighted by molar-refractivity contribution is 7.80. The Balaban J connectivity index is 1.66. The van der Waals surface area contributed by atoms with E-state index in [1.54, 1.807) is 11.0 Å². The van der Waals surface area contributed by atoms with Gasteiger partial charge in [-0.1, -0.05) is 29.8 Å². The summed E-state index contributed by atoms with van der Waals surface area (Å²) in [5.41, 5.74) is 3.72. The van der Waals surface area contributed by atoms with Crippen molar-refractivity contribution in [2.75, 3.05) is 17.7 Å². The van der Waals surface area contributed by atoms with Crippen molar-refractivity contribution in [1.29, 1.82) is 0 Å². The molecule has 0 saturated heterocycles. The molecule has 0 atom stereocenters. The van der Waals surface area contributed by atoms with Gasteiger partial charge in [0.15, 0.2) is 5.11 Å². The monoisotopic (exact) mass is 415 g/mol. The molecule has 2 N–H and O–H groups in total. The third kappa shape index (κ3) is 4.55. The average Bonchev–Trinajstić information content (AvgIpc) is 3.20. The molecule has 0 spiro atoms. The highest BCUT2D eigenvalue weighted by atomic mass is 32.1. The molecule has 7 nitrogen and oxygen atoms in total. The van der Waals surface area contributed by atoms with Gasteiger partial charge in [-0.25, -0.2) is 14.5 Å². The smallest absolute Gasteiger partial charge is 0.341 e. The van der Waals surface area contributed by atoms with E-state index in [4.69, 9.17) is 17.0 Å². The average molecular weight is 416 g/mol. The summed E-state index contributed by atoms with van der Waals surface area (Å²) in [5.74, 6) is -0.0121. The molecule has 0 aliphatic carbocycles. The van der Waals surface area contributed by atoms with Crippen LogP contribution in [0.2, 0.25) is 0 Å². The molecule has 1 aromatic carbocycles. The number of aryl methyl sites for hydroxylation is 2. The Kier molecular flexibility index (Phi) is 6.05. The van der Waals surface area contributed by atoms with Gasteiger partial charge in [-0.15, -0.1) is 16.4 Å². The maximum Gasteiger partial charge on any atom is 0.341 e. The molecule has 0 unspecified atom stereocenters. The first-order valence-electron chi connectivity index (χ1n) is 8.58. The van der Waals surface area contributed by atoms with Crippen LogP contribution < -0.4 is 10.6 Å². The SMILES string of the molecule is COC(=O)c1c(NC(=S)Nc2ncn(Cc3ccc(C)cc3)n2)sc(C)c1C. The normalized spacial score (nSPS) is 10.6. The number of thiophene rings is 1. The number of carbonyl (C=O) groups excluding carboxylic acids is 1. The van der Waals surface area contributed by atoms with Crippen LogP contribution in [0.1, 0.15) is 31.9 Å². The molecule has 0 saturated carbocycles. The Hall–Kier alpha value is -2.78. The first-order chi connectivity index (χ1) is 13.4. The second kappa shape index (κ2) is 8.49. The van der Waals surface area contributed by atoms with Gasteiger partial charge < -0.3 is 10.1 Å². The number of hydrogen-bond acceptors (Lipinski definition) is 6. The second-order valence-electron chi connectivity index (χ2n) is 6.31. The third-order valence-corrected chi connectivity index (χ3v) is 5.56. The fraction of sp³-hybridized carbons (Fsp3) is 0.263. The van der Waals surface area contributed by atoms with Gasteiger partial charge in [0, 0.05) is 4.88 Å². The molecular weight excluding hydrogens is 394 g/mol. The quantitative estimate of drug-likeness (QED) is 0.483. The van der Waals surface area contributed by atoms with Crippen molar-refractivity contribution in [2.24, 2.45) is 0 Å². The van der Waals surface area contributed by atoms with Crippen LogP contribution >= 0.6 is 23.6 Å². The van der Waals surface area contributed by atoms with Crippen molar-refractivity contribution in [3.8, 4) is 0 Å². The van der Waals surface area contributed by atoms with Crippen LogP contribution in [0.3, 0.4) is 0 Å². The van der Waals surface area contributed by atoms with E-state index in [-0.39, 0.29) is 0 Å². The highest BCUT2D eigenvalue weighted by Gasteiger charge is 2.21. The Morgan fingerprint density at radius 1 is 1.21 bits per heavy atom.